The summed E-state index contributed by atoms with van der Waals surface area (Å²) in [6.07, 6.45) is 0. The molecule has 0 aromatic heterocycles. The zero-order valence-electron chi connectivity index (χ0n) is 10.4. The quantitative estimate of drug-likeness (QED) is 0.815. The van der Waals surface area contributed by atoms with Crippen molar-refractivity contribution in [1.29, 1.82) is 0 Å². The Morgan fingerprint density at radius 2 is 1.84 bits per heavy atom. The van der Waals surface area contributed by atoms with Crippen LogP contribution in [0.25, 0.3) is 0 Å². The molecule has 0 aliphatic rings. The number of rotatable bonds is 5. The molecule has 0 bridgehead atoms. The van der Waals surface area contributed by atoms with Crippen molar-refractivity contribution in [1.82, 2.24) is 5.43 Å². The molecule has 2 rings (SSSR count). The summed E-state index contributed by atoms with van der Waals surface area (Å²) >= 11 is 12.1. The van der Waals surface area contributed by atoms with Crippen LogP contribution >= 0.6 is 23.2 Å². The lowest BCUT2D eigenvalue weighted by Gasteiger charge is -2.13. The Kier molecular flexibility index (Phi) is 4.91. The molecule has 0 saturated carbocycles. The molecule has 0 atom stereocenters. The molecule has 100 valence electrons. The molecule has 0 fully saturated rings. The first kappa shape index (κ1) is 14.0. The molecule has 0 radical (unpaired) electrons. The van der Waals surface area contributed by atoms with E-state index in [0.717, 1.165) is 11.3 Å². The minimum absolute atomic E-state index is 0.506. The standard InChI is InChI=1S/C14H14Cl2N2O/c1-19-14-10(7-11(15)8-13(14)16)9-17-18-12-5-3-2-4-6-12/h2-8,17-18H,9H2,1H3. The summed E-state index contributed by atoms with van der Waals surface area (Å²) < 4.78 is 5.28. The minimum atomic E-state index is 0.506. The van der Waals surface area contributed by atoms with E-state index in [4.69, 9.17) is 27.9 Å². The third-order valence-corrected chi connectivity index (χ3v) is 3.07. The Morgan fingerprint density at radius 1 is 1.11 bits per heavy atom. The van der Waals surface area contributed by atoms with E-state index in [1.54, 1.807) is 13.2 Å². The van der Waals surface area contributed by atoms with Crippen molar-refractivity contribution < 1.29 is 4.74 Å². The Labute approximate surface area is 122 Å². The van der Waals surface area contributed by atoms with Gasteiger partial charge in [0.2, 0.25) is 0 Å². The molecule has 3 nitrogen and oxygen atoms in total. The first-order valence-corrected chi connectivity index (χ1v) is 6.52. The number of hydrogen-bond acceptors (Lipinski definition) is 3. The van der Waals surface area contributed by atoms with Crippen LogP contribution in [0.15, 0.2) is 42.5 Å². The van der Waals surface area contributed by atoms with E-state index >= 15 is 0 Å². The first-order chi connectivity index (χ1) is 9.20. The predicted molar refractivity (Wildman–Crippen MR) is 79.9 cm³/mol. The van der Waals surface area contributed by atoms with Crippen LogP contribution < -0.4 is 15.6 Å². The number of halogens is 2. The molecule has 0 amide bonds. The largest absolute Gasteiger partial charge is 0.495 e. The average Bonchev–Trinajstić information content (AvgIpc) is 2.39. The van der Waals surface area contributed by atoms with Gasteiger partial charge in [-0.25, -0.2) is 5.43 Å². The summed E-state index contributed by atoms with van der Waals surface area (Å²) in [7, 11) is 1.59. The fourth-order valence-corrected chi connectivity index (χ4v) is 2.35. The number of hydrazine groups is 1. The second-order valence-corrected chi connectivity index (χ2v) is 4.77. The molecule has 19 heavy (non-hydrogen) atoms. The molecule has 0 unspecified atom stereocenters. The molecule has 0 spiro atoms. The van der Waals surface area contributed by atoms with Crippen LogP contribution in [0.5, 0.6) is 5.75 Å². The number of anilines is 1. The zero-order valence-corrected chi connectivity index (χ0v) is 11.9. The van der Waals surface area contributed by atoms with Gasteiger partial charge in [0, 0.05) is 22.8 Å². The minimum Gasteiger partial charge on any atom is -0.495 e. The molecule has 0 heterocycles. The van der Waals surface area contributed by atoms with Crippen LogP contribution in [0, 0.1) is 0 Å². The van der Waals surface area contributed by atoms with E-state index in [2.05, 4.69) is 10.9 Å². The van der Waals surface area contributed by atoms with Gasteiger partial charge in [-0.3, -0.25) is 0 Å². The van der Waals surface area contributed by atoms with Crippen molar-refractivity contribution in [2.75, 3.05) is 12.5 Å². The van der Waals surface area contributed by atoms with Crippen molar-refractivity contribution >= 4 is 28.9 Å². The monoisotopic (exact) mass is 296 g/mol. The lowest BCUT2D eigenvalue weighted by atomic mass is 10.2. The number of nitrogens with one attached hydrogen (secondary N) is 2. The number of hydrogen-bond donors (Lipinski definition) is 2. The van der Waals surface area contributed by atoms with Crippen molar-refractivity contribution in [2.45, 2.75) is 6.54 Å². The molecule has 0 saturated heterocycles. The SMILES string of the molecule is COc1c(Cl)cc(Cl)cc1CNNc1ccccc1. The van der Waals surface area contributed by atoms with Crippen molar-refractivity contribution in [3.8, 4) is 5.75 Å². The predicted octanol–water partition coefficient (Wildman–Crippen LogP) is 4.12. The van der Waals surface area contributed by atoms with Crippen LogP contribution in [-0.2, 0) is 6.54 Å². The number of methoxy groups -OCH3 is 1. The Hall–Kier alpha value is -1.42. The van der Waals surface area contributed by atoms with Gasteiger partial charge in [-0.1, -0.05) is 41.4 Å². The highest BCUT2D eigenvalue weighted by molar-refractivity contribution is 6.35. The molecule has 2 aromatic carbocycles. The Bertz CT molecular complexity index is 547. The van der Waals surface area contributed by atoms with Crippen LogP contribution in [-0.4, -0.2) is 7.11 Å². The molecule has 5 heteroatoms. The number of benzene rings is 2. The highest BCUT2D eigenvalue weighted by atomic mass is 35.5. The van der Waals surface area contributed by atoms with Crippen molar-refractivity contribution in [3.63, 3.8) is 0 Å². The summed E-state index contributed by atoms with van der Waals surface area (Å²) in [5.41, 5.74) is 8.06. The van der Waals surface area contributed by atoms with Gasteiger partial charge in [-0.05, 0) is 24.3 Å². The second kappa shape index (κ2) is 6.66. The van der Waals surface area contributed by atoms with E-state index in [9.17, 15) is 0 Å². The van der Waals surface area contributed by atoms with Gasteiger partial charge in [-0.2, -0.15) is 0 Å². The van der Waals surface area contributed by atoms with Crippen molar-refractivity contribution in [3.05, 3.63) is 58.1 Å². The molecule has 0 aliphatic carbocycles. The summed E-state index contributed by atoms with van der Waals surface area (Å²) in [5.74, 6) is 0.633. The second-order valence-electron chi connectivity index (χ2n) is 3.92. The third-order valence-electron chi connectivity index (χ3n) is 2.57. The lowest BCUT2D eigenvalue weighted by Crippen LogP contribution is -2.21. The smallest absolute Gasteiger partial charge is 0.142 e. The number of para-hydroxylation sites is 1. The molecular weight excluding hydrogens is 283 g/mol. The van der Waals surface area contributed by atoms with Gasteiger partial charge < -0.3 is 10.2 Å². The molecule has 2 N–H and O–H groups in total. The number of ether oxygens (including phenoxy) is 1. The average molecular weight is 297 g/mol. The fraction of sp³-hybridized carbons (Fsp3) is 0.143. The van der Waals surface area contributed by atoms with Gasteiger partial charge in [-0.15, -0.1) is 0 Å². The zero-order chi connectivity index (χ0) is 13.7. The Balaban J connectivity index is 2.03. The van der Waals surface area contributed by atoms with Crippen LogP contribution in [0.3, 0.4) is 0 Å². The van der Waals surface area contributed by atoms with Gasteiger partial charge >= 0.3 is 0 Å². The van der Waals surface area contributed by atoms with E-state index in [0.29, 0.717) is 22.3 Å². The van der Waals surface area contributed by atoms with Crippen LogP contribution in [0.4, 0.5) is 5.69 Å². The van der Waals surface area contributed by atoms with Gasteiger partial charge in [0.05, 0.1) is 12.1 Å². The normalized spacial score (nSPS) is 10.3. The molecular formula is C14H14Cl2N2O. The maximum absolute atomic E-state index is 6.07. The topological polar surface area (TPSA) is 33.3 Å². The summed E-state index contributed by atoms with van der Waals surface area (Å²) in [6, 6.07) is 13.3. The molecule has 0 aliphatic heterocycles. The highest BCUT2D eigenvalue weighted by Gasteiger charge is 2.09. The summed E-state index contributed by atoms with van der Waals surface area (Å²) in [4.78, 5) is 0. The molecule has 2 aromatic rings. The maximum Gasteiger partial charge on any atom is 0.142 e. The lowest BCUT2D eigenvalue weighted by molar-refractivity contribution is 0.408. The summed E-state index contributed by atoms with van der Waals surface area (Å²) in [5, 5.41) is 1.09. The third kappa shape index (κ3) is 3.77. The fourth-order valence-electron chi connectivity index (χ4n) is 1.74. The van der Waals surface area contributed by atoms with E-state index in [1.165, 1.54) is 0 Å². The van der Waals surface area contributed by atoms with Crippen LogP contribution in [0.2, 0.25) is 10.0 Å². The van der Waals surface area contributed by atoms with E-state index in [1.807, 2.05) is 36.4 Å². The van der Waals surface area contributed by atoms with Gasteiger partial charge in [0.1, 0.15) is 5.75 Å². The van der Waals surface area contributed by atoms with Crippen molar-refractivity contribution in [2.24, 2.45) is 0 Å². The maximum atomic E-state index is 6.07. The van der Waals surface area contributed by atoms with Gasteiger partial charge in [0.25, 0.3) is 0 Å². The van der Waals surface area contributed by atoms with Gasteiger partial charge in [0.15, 0.2) is 0 Å². The van der Waals surface area contributed by atoms with E-state index < -0.39 is 0 Å². The van der Waals surface area contributed by atoms with Crippen LogP contribution in [0.1, 0.15) is 5.56 Å². The highest BCUT2D eigenvalue weighted by Crippen LogP contribution is 2.32. The van der Waals surface area contributed by atoms with E-state index in [-0.39, 0.29) is 0 Å². The summed E-state index contributed by atoms with van der Waals surface area (Å²) in [6.45, 7) is 0.540. The Morgan fingerprint density at radius 3 is 2.53 bits per heavy atom. The first-order valence-electron chi connectivity index (χ1n) is 5.76.